The lowest BCUT2D eigenvalue weighted by Gasteiger charge is -2.12. The van der Waals surface area contributed by atoms with Gasteiger partial charge in [-0.2, -0.15) is 0 Å². The number of nitrogens with one attached hydrogen (secondary N) is 1. The van der Waals surface area contributed by atoms with Gasteiger partial charge in [0, 0.05) is 18.3 Å². The fourth-order valence-corrected chi connectivity index (χ4v) is 3.44. The van der Waals surface area contributed by atoms with Crippen LogP contribution in [0.5, 0.6) is 0 Å². The Morgan fingerprint density at radius 2 is 2.08 bits per heavy atom. The fraction of sp³-hybridized carbons (Fsp3) is 0.286. The Morgan fingerprint density at radius 1 is 1.27 bits per heavy atom. The topological polar surface area (TPSA) is 34.0 Å². The molecule has 0 bridgehead atoms. The van der Waals surface area contributed by atoms with E-state index in [1.165, 1.54) is 0 Å². The van der Waals surface area contributed by atoms with Crippen LogP contribution >= 0.6 is 11.6 Å². The highest BCUT2D eigenvalue weighted by molar-refractivity contribution is 6.30. The molecule has 1 aliphatic heterocycles. The highest BCUT2D eigenvalue weighted by Crippen LogP contribution is 2.23. The molecule has 26 heavy (non-hydrogen) atoms. The first-order valence-corrected chi connectivity index (χ1v) is 9.08. The minimum Gasteiger partial charge on any atom is -0.316 e. The van der Waals surface area contributed by atoms with Crippen molar-refractivity contribution in [3.63, 3.8) is 0 Å². The van der Waals surface area contributed by atoms with Gasteiger partial charge < -0.3 is 5.32 Å². The number of aryl methyl sites for hydroxylation is 2. The quantitative estimate of drug-likeness (QED) is 0.843. The van der Waals surface area contributed by atoms with Gasteiger partial charge in [0.2, 0.25) is 0 Å². The van der Waals surface area contributed by atoms with Gasteiger partial charge in [-0.15, -0.1) is 0 Å². The second-order valence-corrected chi connectivity index (χ2v) is 6.97. The van der Waals surface area contributed by atoms with E-state index in [-0.39, 0.29) is 22.3 Å². The van der Waals surface area contributed by atoms with Crippen LogP contribution in [0.15, 0.2) is 41.2 Å². The normalized spacial score (nSPS) is 15.8. The molecule has 0 amide bonds. The zero-order valence-electron chi connectivity index (χ0n) is 14.9. The zero-order chi connectivity index (χ0) is 18.7. The van der Waals surface area contributed by atoms with Crippen LogP contribution in [0.1, 0.15) is 28.8 Å². The molecular formula is C21H22ClFN2O. The second-order valence-electron chi connectivity index (χ2n) is 6.56. The van der Waals surface area contributed by atoms with Crippen molar-refractivity contribution < 1.29 is 4.39 Å². The van der Waals surface area contributed by atoms with Crippen LogP contribution in [0.2, 0.25) is 5.02 Å². The lowest BCUT2D eigenvalue weighted by atomic mass is 9.98. The van der Waals surface area contributed by atoms with Crippen molar-refractivity contribution in [3.8, 4) is 0 Å². The van der Waals surface area contributed by atoms with E-state index >= 15 is 0 Å². The number of allylic oxidation sites excluding steroid dienone is 2. The minimum atomic E-state index is -0.345. The van der Waals surface area contributed by atoms with E-state index < -0.39 is 0 Å². The third-order valence-electron chi connectivity index (χ3n) is 4.66. The van der Waals surface area contributed by atoms with Crippen LogP contribution in [0, 0.1) is 18.7 Å². The maximum Gasteiger partial charge on any atom is 0.257 e. The summed E-state index contributed by atoms with van der Waals surface area (Å²) in [6.45, 7) is 2.52. The number of halogens is 2. The Balaban J connectivity index is 1.85. The second kappa shape index (κ2) is 8.02. The number of hydrogen-bond acceptors (Lipinski definition) is 2. The summed E-state index contributed by atoms with van der Waals surface area (Å²) < 4.78 is 15.8. The number of benzene rings is 1. The number of rotatable bonds is 5. The molecule has 3 nitrogen and oxygen atoms in total. The average molecular weight is 373 g/mol. The summed E-state index contributed by atoms with van der Waals surface area (Å²) in [5.74, 6) is -0.224. The lowest BCUT2D eigenvalue weighted by molar-refractivity contribution is 0.596. The maximum absolute atomic E-state index is 14.1. The van der Waals surface area contributed by atoms with Gasteiger partial charge in [0.1, 0.15) is 5.82 Å². The number of nitrogens with zero attached hydrogens (tertiary/aromatic N) is 1. The van der Waals surface area contributed by atoms with Crippen molar-refractivity contribution >= 4 is 23.9 Å². The number of hydrogen-bond donors (Lipinski definition) is 1. The molecule has 1 aromatic heterocycles. The van der Waals surface area contributed by atoms with Crippen LogP contribution in [0.3, 0.4) is 0 Å². The Morgan fingerprint density at radius 3 is 2.85 bits per heavy atom. The summed E-state index contributed by atoms with van der Waals surface area (Å²) in [5, 5.41) is 3.30. The predicted octanol–water partition coefficient (Wildman–Crippen LogP) is 4.42. The molecule has 0 saturated heterocycles. The largest absolute Gasteiger partial charge is 0.316 e. The Hall–Kier alpha value is -2.17. The van der Waals surface area contributed by atoms with E-state index in [1.807, 2.05) is 38.4 Å². The first-order valence-electron chi connectivity index (χ1n) is 8.70. The van der Waals surface area contributed by atoms with Gasteiger partial charge in [-0.1, -0.05) is 35.9 Å². The molecule has 1 aromatic carbocycles. The molecule has 2 heterocycles. The van der Waals surface area contributed by atoms with Crippen LogP contribution in [0.4, 0.5) is 4.39 Å². The van der Waals surface area contributed by atoms with Crippen LogP contribution < -0.4 is 10.9 Å². The molecule has 0 aliphatic carbocycles. The smallest absolute Gasteiger partial charge is 0.257 e. The lowest BCUT2D eigenvalue weighted by Crippen LogP contribution is -2.23. The van der Waals surface area contributed by atoms with Crippen molar-refractivity contribution in [1.82, 2.24) is 9.88 Å². The van der Waals surface area contributed by atoms with E-state index in [2.05, 4.69) is 11.4 Å². The van der Waals surface area contributed by atoms with Crippen LogP contribution in [0.25, 0.3) is 12.3 Å². The molecule has 0 radical (unpaired) electrons. The monoisotopic (exact) mass is 372 g/mol. The third kappa shape index (κ3) is 3.81. The SMILES string of the molecule is CNCc1cc(C)c(=O)n2c1C=CC(CCc1cccc(Cl)c1F)C=C2. The highest BCUT2D eigenvalue weighted by Gasteiger charge is 2.14. The zero-order valence-corrected chi connectivity index (χ0v) is 15.7. The molecule has 5 heteroatoms. The van der Waals surface area contributed by atoms with Crippen molar-refractivity contribution in [3.05, 3.63) is 80.0 Å². The molecule has 3 rings (SSSR count). The van der Waals surface area contributed by atoms with Crippen LogP contribution in [-0.4, -0.2) is 11.6 Å². The minimum absolute atomic E-state index is 0.0118. The van der Waals surface area contributed by atoms with E-state index in [0.717, 1.165) is 23.2 Å². The Labute approximate surface area is 157 Å². The summed E-state index contributed by atoms with van der Waals surface area (Å²) >= 11 is 5.85. The van der Waals surface area contributed by atoms with E-state index in [1.54, 1.807) is 22.8 Å². The van der Waals surface area contributed by atoms with E-state index in [9.17, 15) is 9.18 Å². The van der Waals surface area contributed by atoms with Crippen molar-refractivity contribution in [2.24, 2.45) is 5.92 Å². The van der Waals surface area contributed by atoms with Gasteiger partial charge in [-0.3, -0.25) is 9.36 Å². The van der Waals surface area contributed by atoms with Crippen molar-refractivity contribution in [1.29, 1.82) is 0 Å². The summed E-state index contributed by atoms with van der Waals surface area (Å²) in [7, 11) is 1.89. The number of aromatic nitrogens is 1. The number of pyridine rings is 1. The van der Waals surface area contributed by atoms with Crippen molar-refractivity contribution in [2.75, 3.05) is 7.05 Å². The van der Waals surface area contributed by atoms with Gasteiger partial charge in [-0.25, -0.2) is 4.39 Å². The molecule has 136 valence electrons. The standard InChI is InChI=1S/C21H22ClFN2O/c1-14-12-17(13-24-2)19-9-7-15(10-11-25(19)21(14)26)6-8-16-4-3-5-18(22)20(16)23/h3-5,7,9-12,15,24H,6,8,13H2,1-2H3. The van der Waals surface area contributed by atoms with E-state index in [0.29, 0.717) is 18.5 Å². The van der Waals surface area contributed by atoms with Gasteiger partial charge >= 0.3 is 0 Å². The third-order valence-corrected chi connectivity index (χ3v) is 4.96. The average Bonchev–Trinajstić information content (AvgIpc) is 2.84. The molecule has 1 unspecified atom stereocenters. The number of fused-ring (bicyclic) bond motifs is 1. The first kappa shape index (κ1) is 18.6. The van der Waals surface area contributed by atoms with E-state index in [4.69, 9.17) is 11.6 Å². The summed E-state index contributed by atoms with van der Waals surface area (Å²) in [6, 6.07) is 7.02. The van der Waals surface area contributed by atoms with Gasteiger partial charge in [0.05, 0.1) is 10.7 Å². The molecular weight excluding hydrogens is 351 g/mol. The van der Waals surface area contributed by atoms with Crippen molar-refractivity contribution in [2.45, 2.75) is 26.3 Å². The molecule has 0 fully saturated rings. The molecule has 0 saturated carbocycles. The summed E-state index contributed by atoms with van der Waals surface area (Å²) in [6.07, 6.45) is 9.23. The fourth-order valence-electron chi connectivity index (χ4n) is 3.25. The highest BCUT2D eigenvalue weighted by atomic mass is 35.5. The summed E-state index contributed by atoms with van der Waals surface area (Å²) in [5.41, 5.74) is 3.29. The molecule has 2 aromatic rings. The maximum atomic E-state index is 14.1. The Kier molecular flexibility index (Phi) is 5.74. The van der Waals surface area contributed by atoms with Crippen LogP contribution in [-0.2, 0) is 13.0 Å². The van der Waals surface area contributed by atoms with Gasteiger partial charge in [0.15, 0.2) is 0 Å². The first-order chi connectivity index (χ1) is 12.5. The molecule has 1 aliphatic rings. The molecule has 1 N–H and O–H groups in total. The van der Waals surface area contributed by atoms with Gasteiger partial charge in [0.25, 0.3) is 5.56 Å². The molecule has 0 spiro atoms. The van der Waals surface area contributed by atoms with Gasteiger partial charge in [-0.05, 0) is 62.1 Å². The molecule has 1 atom stereocenters. The Bertz CT molecular complexity index is 930. The summed E-state index contributed by atoms with van der Waals surface area (Å²) in [4.78, 5) is 12.5. The predicted molar refractivity (Wildman–Crippen MR) is 106 cm³/mol.